The number of benzene rings is 3. The first-order valence-corrected chi connectivity index (χ1v) is 12.7. The largest absolute Gasteiger partial charge is 0.497 e. The molecule has 0 atom stereocenters. The van der Waals surface area contributed by atoms with Gasteiger partial charge in [0, 0.05) is 44.4 Å². The highest BCUT2D eigenvalue weighted by Gasteiger charge is 2.25. The first-order valence-electron chi connectivity index (χ1n) is 12.7. The van der Waals surface area contributed by atoms with Crippen LogP contribution in [0.5, 0.6) is 11.5 Å². The van der Waals surface area contributed by atoms with E-state index in [4.69, 9.17) is 13.9 Å². The van der Waals surface area contributed by atoms with E-state index in [1.54, 1.807) is 26.5 Å². The van der Waals surface area contributed by atoms with Crippen molar-refractivity contribution in [1.29, 1.82) is 0 Å². The summed E-state index contributed by atoms with van der Waals surface area (Å²) in [4.78, 5) is 22.3. The SMILES string of the molecule is COc1ccc(-c2cnc(-c3ccccc3C(=O)N3CCN(C/C=C/c4ccccc4)CC3)o2)c(OC)c1. The van der Waals surface area contributed by atoms with E-state index in [1.165, 1.54) is 5.56 Å². The second-order valence-corrected chi connectivity index (χ2v) is 9.05. The van der Waals surface area contributed by atoms with E-state index >= 15 is 0 Å². The summed E-state index contributed by atoms with van der Waals surface area (Å²) in [6.07, 6.45) is 5.97. The number of methoxy groups -OCH3 is 2. The zero-order valence-corrected chi connectivity index (χ0v) is 21.7. The van der Waals surface area contributed by atoms with Crippen LogP contribution in [-0.2, 0) is 0 Å². The van der Waals surface area contributed by atoms with Gasteiger partial charge in [-0.25, -0.2) is 4.98 Å². The highest BCUT2D eigenvalue weighted by molar-refractivity contribution is 6.00. The van der Waals surface area contributed by atoms with Gasteiger partial charge in [-0.3, -0.25) is 9.69 Å². The van der Waals surface area contributed by atoms with Gasteiger partial charge in [0.15, 0.2) is 5.76 Å². The van der Waals surface area contributed by atoms with E-state index in [1.807, 2.05) is 59.5 Å². The molecule has 4 aromatic rings. The Morgan fingerprint density at radius 1 is 0.921 bits per heavy atom. The van der Waals surface area contributed by atoms with Gasteiger partial charge in [-0.15, -0.1) is 0 Å². The van der Waals surface area contributed by atoms with Crippen LogP contribution in [0.2, 0.25) is 0 Å². The van der Waals surface area contributed by atoms with Gasteiger partial charge in [0.05, 0.1) is 31.5 Å². The lowest BCUT2D eigenvalue weighted by atomic mass is 10.1. The molecular formula is C31H31N3O4. The zero-order chi connectivity index (χ0) is 26.3. The van der Waals surface area contributed by atoms with Gasteiger partial charge >= 0.3 is 0 Å². The lowest BCUT2D eigenvalue weighted by molar-refractivity contribution is 0.0651. The summed E-state index contributed by atoms with van der Waals surface area (Å²) >= 11 is 0. The summed E-state index contributed by atoms with van der Waals surface area (Å²) in [7, 11) is 3.21. The quantitative estimate of drug-likeness (QED) is 0.313. The summed E-state index contributed by atoms with van der Waals surface area (Å²) in [6, 6.07) is 23.3. The van der Waals surface area contributed by atoms with Gasteiger partial charge in [-0.2, -0.15) is 0 Å². The van der Waals surface area contributed by atoms with Crippen molar-refractivity contribution in [3.05, 3.63) is 96.2 Å². The fourth-order valence-corrected chi connectivity index (χ4v) is 4.59. The molecule has 7 nitrogen and oxygen atoms in total. The minimum atomic E-state index is -0.0122. The molecule has 3 aromatic carbocycles. The van der Waals surface area contributed by atoms with Crippen LogP contribution in [0.3, 0.4) is 0 Å². The Balaban J connectivity index is 1.27. The van der Waals surface area contributed by atoms with Crippen LogP contribution in [0.4, 0.5) is 0 Å². The number of amides is 1. The summed E-state index contributed by atoms with van der Waals surface area (Å²) in [5.41, 5.74) is 3.20. The van der Waals surface area contributed by atoms with Gasteiger partial charge in [0.2, 0.25) is 5.89 Å². The Kier molecular flexibility index (Phi) is 7.85. The molecule has 0 aliphatic carbocycles. The summed E-state index contributed by atoms with van der Waals surface area (Å²) in [6.45, 7) is 3.86. The number of piperazine rings is 1. The van der Waals surface area contributed by atoms with E-state index in [0.29, 0.717) is 47.4 Å². The van der Waals surface area contributed by atoms with Crippen LogP contribution in [0.1, 0.15) is 15.9 Å². The van der Waals surface area contributed by atoms with Gasteiger partial charge in [0.1, 0.15) is 11.5 Å². The molecule has 0 bridgehead atoms. The standard InChI is InChI=1S/C31H31N3O4/c1-36-24-14-15-27(28(21-24)37-2)29-22-32-30(38-29)25-12-6-7-13-26(25)31(35)34-19-17-33(18-20-34)16-8-11-23-9-4-3-5-10-23/h3-15,21-22H,16-20H2,1-2H3/b11-8+. The fourth-order valence-electron chi connectivity index (χ4n) is 4.59. The Bertz CT molecular complexity index is 1410. The lowest BCUT2D eigenvalue weighted by Crippen LogP contribution is -2.48. The van der Waals surface area contributed by atoms with Crippen LogP contribution >= 0.6 is 0 Å². The third kappa shape index (κ3) is 5.63. The van der Waals surface area contributed by atoms with Gasteiger partial charge in [-0.1, -0.05) is 54.6 Å². The van der Waals surface area contributed by atoms with Crippen LogP contribution < -0.4 is 9.47 Å². The molecule has 1 aliphatic rings. The summed E-state index contributed by atoms with van der Waals surface area (Å²) in [5, 5.41) is 0. The smallest absolute Gasteiger partial charge is 0.254 e. The highest BCUT2D eigenvalue weighted by atomic mass is 16.5. The molecule has 2 heterocycles. The molecule has 1 amide bonds. The normalized spacial score (nSPS) is 14.1. The van der Waals surface area contributed by atoms with Gasteiger partial charge in [0.25, 0.3) is 5.91 Å². The minimum absolute atomic E-state index is 0.0122. The molecule has 1 aromatic heterocycles. The molecule has 0 saturated carbocycles. The van der Waals surface area contributed by atoms with Crippen molar-refractivity contribution in [3.8, 4) is 34.3 Å². The molecule has 1 saturated heterocycles. The molecule has 0 radical (unpaired) electrons. The number of nitrogens with zero attached hydrogens (tertiary/aromatic N) is 3. The molecule has 0 spiro atoms. The predicted octanol–water partition coefficient (Wildman–Crippen LogP) is 5.50. The third-order valence-electron chi connectivity index (χ3n) is 6.70. The number of carbonyl (C=O) groups excluding carboxylic acids is 1. The Labute approximate surface area is 222 Å². The maximum Gasteiger partial charge on any atom is 0.254 e. The van der Waals surface area contributed by atoms with E-state index in [0.717, 1.165) is 25.2 Å². The molecule has 5 rings (SSSR count). The van der Waals surface area contributed by atoms with Gasteiger partial charge < -0.3 is 18.8 Å². The first kappa shape index (κ1) is 25.3. The lowest BCUT2D eigenvalue weighted by Gasteiger charge is -2.34. The zero-order valence-electron chi connectivity index (χ0n) is 21.7. The highest BCUT2D eigenvalue weighted by Crippen LogP contribution is 2.36. The first-order chi connectivity index (χ1) is 18.7. The van der Waals surface area contributed by atoms with Crippen molar-refractivity contribution in [3.63, 3.8) is 0 Å². The Morgan fingerprint density at radius 3 is 2.45 bits per heavy atom. The molecular weight excluding hydrogens is 478 g/mol. The maximum absolute atomic E-state index is 13.5. The van der Waals surface area contributed by atoms with Gasteiger partial charge in [-0.05, 0) is 29.8 Å². The molecule has 1 aliphatic heterocycles. The Hall–Kier alpha value is -4.36. The van der Waals surface area contributed by atoms with Crippen LogP contribution in [0.25, 0.3) is 28.9 Å². The summed E-state index contributed by atoms with van der Waals surface area (Å²) < 4.78 is 16.9. The predicted molar refractivity (Wildman–Crippen MR) is 148 cm³/mol. The van der Waals surface area contributed by atoms with Crippen molar-refractivity contribution in [2.75, 3.05) is 46.9 Å². The molecule has 7 heteroatoms. The number of aromatic nitrogens is 1. The van der Waals surface area contributed by atoms with Crippen LogP contribution in [0.15, 0.2) is 89.5 Å². The summed E-state index contributed by atoms with van der Waals surface area (Å²) in [5.74, 6) is 2.24. The van der Waals surface area contributed by atoms with Crippen molar-refractivity contribution >= 4 is 12.0 Å². The minimum Gasteiger partial charge on any atom is -0.497 e. The van der Waals surface area contributed by atoms with Crippen molar-refractivity contribution in [1.82, 2.24) is 14.8 Å². The Morgan fingerprint density at radius 2 is 1.68 bits per heavy atom. The van der Waals surface area contributed by atoms with Crippen molar-refractivity contribution < 1.29 is 18.7 Å². The van der Waals surface area contributed by atoms with Crippen LogP contribution in [-0.4, -0.2) is 67.6 Å². The number of rotatable bonds is 8. The molecule has 194 valence electrons. The third-order valence-corrected chi connectivity index (χ3v) is 6.70. The number of carbonyl (C=O) groups is 1. The topological polar surface area (TPSA) is 68.0 Å². The molecule has 38 heavy (non-hydrogen) atoms. The van der Waals surface area contributed by atoms with E-state index < -0.39 is 0 Å². The number of hydrogen-bond acceptors (Lipinski definition) is 6. The number of oxazole rings is 1. The average Bonchev–Trinajstić information content (AvgIpc) is 3.47. The number of ether oxygens (including phenoxy) is 2. The van der Waals surface area contributed by atoms with Crippen molar-refractivity contribution in [2.45, 2.75) is 0 Å². The van der Waals surface area contributed by atoms with E-state index in [2.05, 4.69) is 34.2 Å². The average molecular weight is 510 g/mol. The van der Waals surface area contributed by atoms with E-state index in [9.17, 15) is 4.79 Å². The maximum atomic E-state index is 13.5. The molecule has 1 fully saturated rings. The second-order valence-electron chi connectivity index (χ2n) is 9.05. The fraction of sp³-hybridized carbons (Fsp3) is 0.226. The second kappa shape index (κ2) is 11.8. The van der Waals surface area contributed by atoms with E-state index in [-0.39, 0.29) is 5.91 Å². The monoisotopic (exact) mass is 509 g/mol. The van der Waals surface area contributed by atoms with Crippen LogP contribution in [0, 0.1) is 0 Å². The molecule has 0 unspecified atom stereocenters. The van der Waals surface area contributed by atoms with Crippen molar-refractivity contribution in [2.24, 2.45) is 0 Å². The molecule has 0 N–H and O–H groups in total. The number of hydrogen-bond donors (Lipinski definition) is 0.